The topological polar surface area (TPSA) is 61.8 Å². The van der Waals surface area contributed by atoms with Crippen molar-refractivity contribution < 1.29 is 9.60 Å². The summed E-state index contributed by atoms with van der Waals surface area (Å²) in [5, 5.41) is 11.6. The summed E-state index contributed by atoms with van der Waals surface area (Å²) in [7, 11) is 0. The normalized spacial score (nSPS) is 12.4. The Balaban J connectivity index is 2.85. The maximum absolute atomic E-state index is 13.7. The summed E-state index contributed by atoms with van der Waals surface area (Å²) in [6.45, 7) is 8.09. The van der Waals surface area contributed by atoms with Crippen molar-refractivity contribution in [1.82, 2.24) is 4.90 Å². The van der Waals surface area contributed by atoms with Crippen LogP contribution in [0.4, 0.5) is 4.39 Å². The third kappa shape index (κ3) is 5.71. The van der Waals surface area contributed by atoms with Crippen LogP contribution in [0, 0.1) is 5.82 Å². The highest BCUT2D eigenvalue weighted by molar-refractivity contribution is 5.97. The minimum Gasteiger partial charge on any atom is -0.409 e. The van der Waals surface area contributed by atoms with Crippen molar-refractivity contribution in [3.8, 4) is 0 Å². The fourth-order valence-electron chi connectivity index (χ4n) is 2.27. The van der Waals surface area contributed by atoms with E-state index in [0.717, 1.165) is 18.5 Å². The first-order valence-electron chi connectivity index (χ1n) is 7.49. The van der Waals surface area contributed by atoms with Gasteiger partial charge in [-0.25, -0.2) is 4.39 Å². The van der Waals surface area contributed by atoms with Gasteiger partial charge >= 0.3 is 0 Å². The average molecular weight is 295 g/mol. The molecule has 0 spiro atoms. The molecule has 0 aliphatic carbocycles. The van der Waals surface area contributed by atoms with Crippen LogP contribution in [0.15, 0.2) is 23.4 Å². The van der Waals surface area contributed by atoms with Crippen LogP contribution in [0.3, 0.4) is 0 Å². The Morgan fingerprint density at radius 3 is 2.62 bits per heavy atom. The second-order valence-electron chi connectivity index (χ2n) is 5.60. The standard InChI is InChI=1S/C16H26FN3O/c1-4-5-6-7-20(12(2)3)11-13-8-14(16(18)19-21)10-15(17)9-13/h8-10,12,21H,4-7,11H2,1-3H3,(H2,18,19). The van der Waals surface area contributed by atoms with E-state index in [-0.39, 0.29) is 11.7 Å². The summed E-state index contributed by atoms with van der Waals surface area (Å²) in [6, 6.07) is 4.93. The minimum atomic E-state index is -0.369. The number of hydrogen-bond acceptors (Lipinski definition) is 3. The van der Waals surface area contributed by atoms with Gasteiger partial charge in [0.1, 0.15) is 5.82 Å². The van der Waals surface area contributed by atoms with Crippen LogP contribution in [0.2, 0.25) is 0 Å². The van der Waals surface area contributed by atoms with E-state index >= 15 is 0 Å². The van der Waals surface area contributed by atoms with Gasteiger partial charge in [-0.05, 0) is 50.6 Å². The van der Waals surface area contributed by atoms with Gasteiger partial charge < -0.3 is 10.9 Å². The molecule has 0 saturated carbocycles. The van der Waals surface area contributed by atoms with Crippen LogP contribution in [-0.2, 0) is 6.54 Å². The van der Waals surface area contributed by atoms with E-state index in [0.29, 0.717) is 18.2 Å². The van der Waals surface area contributed by atoms with Crippen molar-refractivity contribution in [2.75, 3.05) is 6.54 Å². The van der Waals surface area contributed by atoms with Crippen molar-refractivity contribution in [2.24, 2.45) is 10.9 Å². The van der Waals surface area contributed by atoms with Gasteiger partial charge in [0, 0.05) is 18.2 Å². The van der Waals surface area contributed by atoms with Crippen LogP contribution < -0.4 is 5.73 Å². The molecule has 0 aromatic heterocycles. The molecular formula is C16H26FN3O. The van der Waals surface area contributed by atoms with Crippen LogP contribution in [-0.4, -0.2) is 28.5 Å². The molecule has 21 heavy (non-hydrogen) atoms. The number of rotatable bonds is 8. The largest absolute Gasteiger partial charge is 0.409 e. The molecule has 118 valence electrons. The van der Waals surface area contributed by atoms with Crippen molar-refractivity contribution in [1.29, 1.82) is 0 Å². The van der Waals surface area contributed by atoms with Crippen molar-refractivity contribution >= 4 is 5.84 Å². The lowest BCUT2D eigenvalue weighted by Gasteiger charge is -2.26. The van der Waals surface area contributed by atoms with Gasteiger partial charge in [0.15, 0.2) is 5.84 Å². The van der Waals surface area contributed by atoms with E-state index in [1.807, 2.05) is 0 Å². The monoisotopic (exact) mass is 295 g/mol. The van der Waals surface area contributed by atoms with Gasteiger partial charge in [-0.15, -0.1) is 0 Å². The van der Waals surface area contributed by atoms with Crippen LogP contribution in [0.1, 0.15) is 51.2 Å². The lowest BCUT2D eigenvalue weighted by Crippen LogP contribution is -2.31. The molecule has 3 N–H and O–H groups in total. The summed E-state index contributed by atoms with van der Waals surface area (Å²) in [6.07, 6.45) is 3.51. The molecule has 1 rings (SSSR count). The third-order valence-electron chi connectivity index (χ3n) is 3.53. The molecule has 0 unspecified atom stereocenters. The SMILES string of the molecule is CCCCCN(Cc1cc(F)cc(/C(N)=N/O)c1)C(C)C. The highest BCUT2D eigenvalue weighted by atomic mass is 19.1. The van der Waals surface area contributed by atoms with E-state index in [9.17, 15) is 4.39 Å². The van der Waals surface area contributed by atoms with E-state index in [1.165, 1.54) is 25.0 Å². The molecule has 4 nitrogen and oxygen atoms in total. The molecule has 0 saturated heterocycles. The third-order valence-corrected chi connectivity index (χ3v) is 3.53. The van der Waals surface area contributed by atoms with Crippen LogP contribution in [0.5, 0.6) is 0 Å². The maximum Gasteiger partial charge on any atom is 0.170 e. The summed E-state index contributed by atoms with van der Waals surface area (Å²) in [5.41, 5.74) is 6.78. The van der Waals surface area contributed by atoms with Gasteiger partial charge in [-0.2, -0.15) is 0 Å². The van der Waals surface area contributed by atoms with Gasteiger partial charge in [0.05, 0.1) is 0 Å². The Morgan fingerprint density at radius 2 is 2.05 bits per heavy atom. The number of unbranched alkanes of at least 4 members (excludes halogenated alkanes) is 2. The molecule has 0 heterocycles. The Hall–Kier alpha value is -1.62. The minimum absolute atomic E-state index is 0.0715. The number of amidine groups is 1. The lowest BCUT2D eigenvalue weighted by atomic mass is 10.1. The lowest BCUT2D eigenvalue weighted by molar-refractivity contribution is 0.208. The van der Waals surface area contributed by atoms with Gasteiger partial charge in [0.25, 0.3) is 0 Å². The second-order valence-corrected chi connectivity index (χ2v) is 5.60. The molecule has 1 aromatic carbocycles. The molecule has 0 bridgehead atoms. The Bertz CT molecular complexity index is 475. The smallest absolute Gasteiger partial charge is 0.170 e. The zero-order chi connectivity index (χ0) is 15.8. The molecule has 0 fully saturated rings. The van der Waals surface area contributed by atoms with Gasteiger partial charge in [-0.3, -0.25) is 4.90 Å². The molecule has 0 atom stereocenters. The maximum atomic E-state index is 13.7. The molecule has 0 amide bonds. The fourth-order valence-corrected chi connectivity index (χ4v) is 2.27. The first-order chi connectivity index (χ1) is 9.97. The Kier molecular flexibility index (Phi) is 7.15. The fraction of sp³-hybridized carbons (Fsp3) is 0.562. The number of nitrogens with zero attached hydrogens (tertiary/aromatic N) is 2. The summed E-state index contributed by atoms with van der Waals surface area (Å²) in [5.74, 6) is -0.441. The summed E-state index contributed by atoms with van der Waals surface area (Å²) in [4.78, 5) is 2.31. The number of nitrogens with two attached hydrogens (primary N) is 1. The van der Waals surface area contributed by atoms with E-state index in [1.54, 1.807) is 6.07 Å². The first kappa shape index (κ1) is 17.4. The molecule has 0 aliphatic heterocycles. The molecular weight excluding hydrogens is 269 g/mol. The first-order valence-corrected chi connectivity index (χ1v) is 7.49. The van der Waals surface area contributed by atoms with Crippen molar-refractivity contribution in [3.63, 3.8) is 0 Å². The molecule has 5 heteroatoms. The Morgan fingerprint density at radius 1 is 1.33 bits per heavy atom. The zero-order valence-electron chi connectivity index (χ0n) is 13.1. The van der Waals surface area contributed by atoms with Gasteiger partial charge in [0.2, 0.25) is 0 Å². The van der Waals surface area contributed by atoms with Gasteiger partial charge in [-0.1, -0.05) is 24.9 Å². The zero-order valence-corrected chi connectivity index (χ0v) is 13.1. The molecule has 0 aliphatic rings. The Labute approximate surface area is 126 Å². The summed E-state index contributed by atoms with van der Waals surface area (Å²) < 4.78 is 13.7. The summed E-state index contributed by atoms with van der Waals surface area (Å²) >= 11 is 0. The van der Waals surface area contributed by atoms with E-state index in [4.69, 9.17) is 10.9 Å². The second kappa shape index (κ2) is 8.62. The number of oxime groups is 1. The van der Waals surface area contributed by atoms with Crippen molar-refractivity contribution in [2.45, 2.75) is 52.6 Å². The average Bonchev–Trinajstić information content (AvgIpc) is 2.44. The number of halogens is 1. The molecule has 1 aromatic rings. The molecule has 0 radical (unpaired) electrons. The van der Waals surface area contributed by atoms with E-state index < -0.39 is 0 Å². The highest BCUT2D eigenvalue weighted by Crippen LogP contribution is 2.14. The predicted octanol–water partition coefficient (Wildman–Crippen LogP) is 3.32. The van der Waals surface area contributed by atoms with E-state index in [2.05, 4.69) is 30.8 Å². The van der Waals surface area contributed by atoms with Crippen molar-refractivity contribution in [3.05, 3.63) is 35.1 Å². The highest BCUT2D eigenvalue weighted by Gasteiger charge is 2.12. The van der Waals surface area contributed by atoms with Crippen LogP contribution >= 0.6 is 0 Å². The quantitative estimate of drug-likeness (QED) is 0.254. The predicted molar refractivity (Wildman–Crippen MR) is 84.0 cm³/mol. The number of hydrogen-bond donors (Lipinski definition) is 2. The number of benzene rings is 1. The van der Waals surface area contributed by atoms with Crippen LogP contribution in [0.25, 0.3) is 0 Å².